The van der Waals surface area contributed by atoms with Crippen molar-refractivity contribution in [2.24, 2.45) is 0 Å². The number of aromatic nitrogens is 3. The lowest BCUT2D eigenvalue weighted by Crippen LogP contribution is -2.23. The minimum atomic E-state index is -0.340. The van der Waals surface area contributed by atoms with Gasteiger partial charge in [0, 0.05) is 21.3 Å². The molecule has 0 amide bonds. The molecule has 0 N–H and O–H groups in total. The summed E-state index contributed by atoms with van der Waals surface area (Å²) in [4.78, 5) is 35.0. The van der Waals surface area contributed by atoms with E-state index < -0.39 is 0 Å². The summed E-state index contributed by atoms with van der Waals surface area (Å²) < 4.78 is 2.38. The molecule has 0 fully saturated rings. The second kappa shape index (κ2) is 7.60. The third kappa shape index (κ3) is 3.27. The fourth-order valence-corrected chi connectivity index (χ4v) is 4.88. The Morgan fingerprint density at radius 3 is 2.77 bits per heavy atom. The molecule has 3 heterocycles. The number of fused-ring (bicyclic) bond motifs is 2. The maximum absolute atomic E-state index is 13.3. The third-order valence-electron chi connectivity index (χ3n) is 4.64. The highest BCUT2D eigenvalue weighted by Gasteiger charge is 2.20. The molecule has 0 bridgehead atoms. The molecule has 0 aliphatic rings. The lowest BCUT2D eigenvalue weighted by Gasteiger charge is -2.10. The largest absolute Gasteiger partial charge is 0.284 e. The molecule has 146 valence electrons. The Labute approximate surface area is 183 Å². The van der Waals surface area contributed by atoms with Crippen molar-refractivity contribution in [2.45, 2.75) is 0 Å². The standard InChI is InChI=1S/C22H12ClN3O2S2/c23-14-5-6-16-17(10-14)25-12-26(22(16)28)18(20(27)21-24-7-8-29-21)9-13-11-30-19-4-2-1-3-15(13)19/h1-12H/b18-9-. The highest BCUT2D eigenvalue weighted by molar-refractivity contribution is 7.17. The van der Waals surface area contributed by atoms with E-state index >= 15 is 0 Å². The van der Waals surface area contributed by atoms with Crippen molar-refractivity contribution < 1.29 is 4.79 Å². The first-order valence-corrected chi connectivity index (χ1v) is 11.0. The zero-order chi connectivity index (χ0) is 20.7. The maximum Gasteiger partial charge on any atom is 0.265 e. The number of hydrogen-bond acceptors (Lipinski definition) is 6. The van der Waals surface area contributed by atoms with Crippen molar-refractivity contribution >= 4 is 72.8 Å². The number of nitrogens with zero attached hydrogens (tertiary/aromatic N) is 3. The highest BCUT2D eigenvalue weighted by Crippen LogP contribution is 2.29. The van der Waals surface area contributed by atoms with E-state index in [-0.39, 0.29) is 17.0 Å². The second-order valence-corrected chi connectivity index (χ2v) is 8.71. The molecule has 0 atom stereocenters. The zero-order valence-corrected chi connectivity index (χ0v) is 17.7. The number of rotatable bonds is 4. The van der Waals surface area contributed by atoms with Gasteiger partial charge in [-0.25, -0.2) is 9.97 Å². The van der Waals surface area contributed by atoms with Crippen LogP contribution in [0.5, 0.6) is 0 Å². The van der Waals surface area contributed by atoms with Crippen molar-refractivity contribution in [3.05, 3.63) is 91.7 Å². The van der Waals surface area contributed by atoms with E-state index in [1.165, 1.54) is 22.2 Å². The fraction of sp³-hybridized carbons (Fsp3) is 0. The summed E-state index contributed by atoms with van der Waals surface area (Å²) in [5.41, 5.74) is 1.19. The molecule has 30 heavy (non-hydrogen) atoms. The summed E-state index contributed by atoms with van der Waals surface area (Å²) in [5, 5.41) is 5.90. The van der Waals surface area contributed by atoms with Crippen LogP contribution in [-0.4, -0.2) is 20.3 Å². The van der Waals surface area contributed by atoms with Crippen molar-refractivity contribution in [1.82, 2.24) is 14.5 Å². The van der Waals surface area contributed by atoms with Crippen LogP contribution < -0.4 is 5.56 Å². The summed E-state index contributed by atoms with van der Waals surface area (Å²) in [6, 6.07) is 12.8. The Hall–Kier alpha value is -3.13. The molecule has 0 saturated carbocycles. The van der Waals surface area contributed by atoms with Gasteiger partial charge in [-0.15, -0.1) is 22.7 Å². The molecule has 2 aromatic carbocycles. The highest BCUT2D eigenvalue weighted by atomic mass is 35.5. The van der Waals surface area contributed by atoms with Crippen molar-refractivity contribution in [3.63, 3.8) is 0 Å². The summed E-state index contributed by atoms with van der Waals surface area (Å²) in [6.07, 6.45) is 4.67. The van der Waals surface area contributed by atoms with E-state index in [4.69, 9.17) is 11.6 Å². The number of ketones is 1. The fourth-order valence-electron chi connectivity index (χ4n) is 3.21. The quantitative estimate of drug-likeness (QED) is 0.264. The third-order valence-corrected chi connectivity index (χ3v) is 6.63. The van der Waals surface area contributed by atoms with Gasteiger partial charge in [-0.1, -0.05) is 29.8 Å². The van der Waals surface area contributed by atoms with Gasteiger partial charge in [-0.05, 0) is 46.7 Å². The van der Waals surface area contributed by atoms with Crippen LogP contribution in [-0.2, 0) is 0 Å². The zero-order valence-electron chi connectivity index (χ0n) is 15.3. The summed E-state index contributed by atoms with van der Waals surface area (Å²) in [6.45, 7) is 0. The number of carbonyl (C=O) groups is 1. The first-order chi connectivity index (χ1) is 14.6. The lowest BCUT2D eigenvalue weighted by atomic mass is 10.1. The van der Waals surface area contributed by atoms with E-state index in [0.717, 1.165) is 15.6 Å². The molecule has 0 spiro atoms. The van der Waals surface area contributed by atoms with Crippen LogP contribution in [0.3, 0.4) is 0 Å². The van der Waals surface area contributed by atoms with Crippen LogP contribution in [0, 0.1) is 0 Å². The Balaban J connectivity index is 1.76. The maximum atomic E-state index is 13.3. The minimum Gasteiger partial charge on any atom is -0.284 e. The molecule has 5 nitrogen and oxygen atoms in total. The number of thiophene rings is 1. The van der Waals surface area contributed by atoms with Gasteiger partial charge in [-0.2, -0.15) is 0 Å². The average Bonchev–Trinajstić information content (AvgIpc) is 3.43. The van der Waals surface area contributed by atoms with Crippen molar-refractivity contribution in [2.75, 3.05) is 0 Å². The molecular weight excluding hydrogens is 438 g/mol. The first-order valence-electron chi connectivity index (χ1n) is 8.91. The second-order valence-electron chi connectivity index (χ2n) is 6.46. The number of allylic oxidation sites excluding steroid dienone is 1. The molecule has 0 aliphatic carbocycles. The van der Waals surface area contributed by atoms with Crippen molar-refractivity contribution in [1.29, 1.82) is 0 Å². The van der Waals surface area contributed by atoms with Gasteiger partial charge in [0.2, 0.25) is 5.78 Å². The Kier molecular flexibility index (Phi) is 4.78. The Morgan fingerprint density at radius 2 is 1.93 bits per heavy atom. The SMILES string of the molecule is O=C(/C(=C/c1csc2ccccc12)n1cnc2cc(Cl)ccc2c1=O)c1nccs1. The molecular formula is C22H12ClN3O2S2. The number of benzene rings is 2. The van der Waals surface area contributed by atoms with Gasteiger partial charge in [0.15, 0.2) is 5.01 Å². The Bertz CT molecular complexity index is 1500. The van der Waals surface area contributed by atoms with E-state index in [1.54, 1.807) is 47.2 Å². The van der Waals surface area contributed by atoms with E-state index in [2.05, 4.69) is 9.97 Å². The summed E-state index contributed by atoms with van der Waals surface area (Å²) in [7, 11) is 0. The van der Waals surface area contributed by atoms with E-state index in [1.807, 2.05) is 29.6 Å². The molecule has 0 aliphatic heterocycles. The molecule has 5 aromatic rings. The van der Waals surface area contributed by atoms with Crippen LogP contribution in [0.1, 0.15) is 15.4 Å². The van der Waals surface area contributed by atoms with Gasteiger partial charge in [0.1, 0.15) is 12.0 Å². The van der Waals surface area contributed by atoms with Gasteiger partial charge in [-0.3, -0.25) is 14.2 Å². The summed E-state index contributed by atoms with van der Waals surface area (Å²) >= 11 is 8.83. The van der Waals surface area contributed by atoms with Gasteiger partial charge in [0.25, 0.3) is 5.56 Å². The number of thiazole rings is 1. The van der Waals surface area contributed by atoms with E-state index in [9.17, 15) is 9.59 Å². The number of carbonyl (C=O) groups excluding carboxylic acids is 1. The van der Waals surface area contributed by atoms with E-state index in [0.29, 0.717) is 20.9 Å². The number of hydrogen-bond donors (Lipinski definition) is 0. The van der Waals surface area contributed by atoms with Gasteiger partial charge >= 0.3 is 0 Å². The average molecular weight is 450 g/mol. The van der Waals surface area contributed by atoms with Crippen LogP contribution in [0.15, 0.2) is 70.5 Å². The minimum absolute atomic E-state index is 0.197. The summed E-state index contributed by atoms with van der Waals surface area (Å²) in [5.74, 6) is -0.336. The van der Waals surface area contributed by atoms with Crippen molar-refractivity contribution in [3.8, 4) is 0 Å². The topological polar surface area (TPSA) is 64.8 Å². The molecule has 0 radical (unpaired) electrons. The molecule has 8 heteroatoms. The molecule has 3 aromatic heterocycles. The smallest absolute Gasteiger partial charge is 0.265 e. The van der Waals surface area contributed by atoms with Gasteiger partial charge in [0.05, 0.1) is 10.9 Å². The monoisotopic (exact) mass is 449 g/mol. The Morgan fingerprint density at radius 1 is 1.07 bits per heavy atom. The molecule has 0 saturated heterocycles. The van der Waals surface area contributed by atoms with Crippen LogP contribution in [0.4, 0.5) is 0 Å². The van der Waals surface area contributed by atoms with Crippen LogP contribution in [0.2, 0.25) is 5.02 Å². The van der Waals surface area contributed by atoms with Gasteiger partial charge < -0.3 is 0 Å². The predicted octanol–water partition coefficient (Wildman–Crippen LogP) is 5.60. The normalized spacial score (nSPS) is 12.0. The lowest BCUT2D eigenvalue weighted by molar-refractivity contribution is 0.105. The molecule has 0 unspecified atom stereocenters. The first kappa shape index (κ1) is 18.9. The molecule has 5 rings (SSSR count). The predicted molar refractivity (Wildman–Crippen MR) is 123 cm³/mol. The number of Topliss-reactive ketones (excluding diaryl/α,β-unsaturated/α-hetero) is 1. The van der Waals surface area contributed by atoms with Crippen LogP contribution >= 0.6 is 34.3 Å². The number of halogens is 1. The van der Waals surface area contributed by atoms with Crippen LogP contribution in [0.25, 0.3) is 32.8 Å².